The van der Waals surface area contributed by atoms with E-state index in [9.17, 15) is 23.1 Å². The van der Waals surface area contributed by atoms with Gasteiger partial charge in [-0.05, 0) is 24.3 Å². The molecule has 0 unspecified atom stereocenters. The van der Waals surface area contributed by atoms with Crippen molar-refractivity contribution in [3.8, 4) is 0 Å². The van der Waals surface area contributed by atoms with E-state index in [2.05, 4.69) is 10.1 Å². The Labute approximate surface area is 135 Å². The van der Waals surface area contributed by atoms with Gasteiger partial charge >= 0.3 is 6.18 Å². The minimum absolute atomic E-state index is 0.0000895. The second-order valence-corrected chi connectivity index (χ2v) is 5.26. The van der Waals surface area contributed by atoms with Crippen LogP contribution in [0.2, 0.25) is 0 Å². The third kappa shape index (κ3) is 2.65. The molecule has 1 aliphatic rings. The molecule has 0 saturated heterocycles. The zero-order valence-corrected chi connectivity index (χ0v) is 12.2. The van der Waals surface area contributed by atoms with Crippen molar-refractivity contribution in [2.45, 2.75) is 18.3 Å². The highest BCUT2D eigenvalue weighted by atomic mass is 19.4. The zero-order chi connectivity index (χ0) is 17.4. The number of halogens is 3. The average Bonchev–Trinajstić information content (AvgIpc) is 2.95. The first kappa shape index (κ1) is 16.1. The lowest BCUT2D eigenvalue weighted by Crippen LogP contribution is -2.56. The van der Waals surface area contributed by atoms with Crippen LogP contribution in [0.15, 0.2) is 60.0 Å². The molecule has 8 heteroatoms. The number of nitrogens with zero attached hydrogens (tertiary/aromatic N) is 3. The highest BCUT2D eigenvalue weighted by Gasteiger charge is 2.63. The molecule has 2 heterocycles. The zero-order valence-electron chi connectivity index (χ0n) is 12.2. The Bertz CT molecular complexity index is 778. The first-order chi connectivity index (χ1) is 11.3. The molecular formula is C16H12F3N3O2. The predicted octanol–water partition coefficient (Wildman–Crippen LogP) is 2.58. The summed E-state index contributed by atoms with van der Waals surface area (Å²) in [6.45, 7) is 0. The second-order valence-electron chi connectivity index (χ2n) is 5.26. The molecule has 1 aliphatic heterocycles. The number of pyridine rings is 1. The lowest BCUT2D eigenvalue weighted by atomic mass is 10.0. The van der Waals surface area contributed by atoms with Gasteiger partial charge in [0.05, 0.1) is 12.1 Å². The Morgan fingerprint density at radius 3 is 2.33 bits per heavy atom. The van der Waals surface area contributed by atoms with Crippen molar-refractivity contribution in [1.82, 2.24) is 9.99 Å². The van der Waals surface area contributed by atoms with Gasteiger partial charge in [-0.3, -0.25) is 9.78 Å². The smallest absolute Gasteiger partial charge is 0.362 e. The van der Waals surface area contributed by atoms with Crippen LogP contribution in [0, 0.1) is 0 Å². The first-order valence-electron chi connectivity index (χ1n) is 6.99. The summed E-state index contributed by atoms with van der Waals surface area (Å²) in [5.74, 6) is -1.03. The molecule has 124 valence electrons. The molecule has 1 aromatic carbocycles. The number of rotatable bonds is 2. The molecule has 1 amide bonds. The lowest BCUT2D eigenvalue weighted by molar-refractivity contribution is -0.297. The fourth-order valence-corrected chi connectivity index (χ4v) is 2.39. The van der Waals surface area contributed by atoms with E-state index in [0.717, 1.165) is 0 Å². The Morgan fingerprint density at radius 1 is 1.12 bits per heavy atom. The number of aliphatic hydroxyl groups is 1. The van der Waals surface area contributed by atoms with Gasteiger partial charge in [-0.25, -0.2) is 0 Å². The molecule has 0 saturated carbocycles. The third-order valence-electron chi connectivity index (χ3n) is 3.67. The summed E-state index contributed by atoms with van der Waals surface area (Å²) in [6, 6.07) is 10.3. The minimum atomic E-state index is -5.06. The van der Waals surface area contributed by atoms with Crippen LogP contribution in [-0.4, -0.2) is 38.6 Å². The molecule has 5 nitrogen and oxygen atoms in total. The van der Waals surface area contributed by atoms with E-state index in [1.54, 1.807) is 6.07 Å². The van der Waals surface area contributed by atoms with Crippen molar-refractivity contribution in [1.29, 1.82) is 0 Å². The second kappa shape index (κ2) is 5.72. The summed E-state index contributed by atoms with van der Waals surface area (Å²) >= 11 is 0. The van der Waals surface area contributed by atoms with E-state index in [1.807, 2.05) is 0 Å². The number of amides is 1. The largest absolute Gasteiger partial charge is 0.438 e. The molecule has 0 aliphatic carbocycles. The molecule has 0 spiro atoms. The maximum Gasteiger partial charge on any atom is 0.438 e. The standard InChI is InChI=1S/C16H12F3N3O2/c17-16(18,19)15(24)10-13(11-6-8-20-9-7-11)21-22(15)14(23)12-4-2-1-3-5-12/h1-9,24H,10H2/t15-/m1/s1. The number of carbonyl (C=O) groups is 1. The van der Waals surface area contributed by atoms with Crippen LogP contribution >= 0.6 is 0 Å². The summed E-state index contributed by atoms with van der Waals surface area (Å²) in [5.41, 5.74) is -3.07. The van der Waals surface area contributed by atoms with E-state index in [-0.39, 0.29) is 16.3 Å². The van der Waals surface area contributed by atoms with Gasteiger partial charge in [-0.2, -0.15) is 23.3 Å². The number of aromatic nitrogens is 1. The van der Waals surface area contributed by atoms with Crippen molar-refractivity contribution in [3.05, 3.63) is 66.0 Å². The number of hydrogen-bond acceptors (Lipinski definition) is 4. The Hall–Kier alpha value is -2.74. The molecular weight excluding hydrogens is 323 g/mol. The number of benzene rings is 1. The van der Waals surface area contributed by atoms with Gasteiger partial charge in [-0.1, -0.05) is 18.2 Å². The van der Waals surface area contributed by atoms with Crippen molar-refractivity contribution in [3.63, 3.8) is 0 Å². The van der Waals surface area contributed by atoms with Gasteiger partial charge in [0.25, 0.3) is 11.6 Å². The van der Waals surface area contributed by atoms with E-state index >= 15 is 0 Å². The van der Waals surface area contributed by atoms with Gasteiger partial charge in [-0.15, -0.1) is 0 Å². The average molecular weight is 335 g/mol. The first-order valence-corrected chi connectivity index (χ1v) is 6.99. The molecule has 3 rings (SSSR count). The van der Waals surface area contributed by atoms with E-state index in [4.69, 9.17) is 0 Å². The lowest BCUT2D eigenvalue weighted by Gasteiger charge is -2.32. The third-order valence-corrected chi connectivity index (χ3v) is 3.67. The van der Waals surface area contributed by atoms with Crippen LogP contribution in [0.3, 0.4) is 0 Å². The van der Waals surface area contributed by atoms with Gasteiger partial charge in [0, 0.05) is 23.5 Å². The molecule has 1 aromatic heterocycles. The Kier molecular flexibility index (Phi) is 3.84. The van der Waals surface area contributed by atoms with Crippen molar-refractivity contribution in [2.24, 2.45) is 5.10 Å². The molecule has 24 heavy (non-hydrogen) atoms. The molecule has 0 bridgehead atoms. The maximum atomic E-state index is 13.4. The van der Waals surface area contributed by atoms with Crippen LogP contribution in [0.1, 0.15) is 22.3 Å². The Morgan fingerprint density at radius 2 is 1.75 bits per heavy atom. The molecule has 2 aromatic rings. The fraction of sp³-hybridized carbons (Fsp3) is 0.188. The normalized spacial score (nSPS) is 20.8. The fourth-order valence-electron chi connectivity index (χ4n) is 2.39. The number of hydrogen-bond donors (Lipinski definition) is 1. The van der Waals surface area contributed by atoms with Gasteiger partial charge in [0.1, 0.15) is 0 Å². The Balaban J connectivity index is 2.05. The molecule has 1 atom stereocenters. The van der Waals surface area contributed by atoms with Crippen LogP contribution in [0.4, 0.5) is 13.2 Å². The summed E-state index contributed by atoms with van der Waals surface area (Å²) in [7, 11) is 0. The van der Waals surface area contributed by atoms with E-state index in [0.29, 0.717) is 5.56 Å². The van der Waals surface area contributed by atoms with E-state index < -0.39 is 24.2 Å². The number of hydrazone groups is 1. The monoisotopic (exact) mass is 335 g/mol. The molecule has 1 N–H and O–H groups in total. The van der Waals surface area contributed by atoms with Crippen LogP contribution in [0.25, 0.3) is 0 Å². The molecule has 0 fully saturated rings. The topological polar surface area (TPSA) is 65.8 Å². The van der Waals surface area contributed by atoms with Crippen molar-refractivity contribution < 1.29 is 23.1 Å². The summed E-state index contributed by atoms with van der Waals surface area (Å²) in [4.78, 5) is 16.2. The van der Waals surface area contributed by atoms with Gasteiger partial charge in [0.15, 0.2) is 0 Å². The quantitative estimate of drug-likeness (QED) is 0.917. The summed E-state index contributed by atoms with van der Waals surface area (Å²) in [5, 5.41) is 14.1. The minimum Gasteiger partial charge on any atom is -0.362 e. The van der Waals surface area contributed by atoms with Gasteiger partial charge < -0.3 is 5.11 Å². The van der Waals surface area contributed by atoms with Crippen LogP contribution in [-0.2, 0) is 0 Å². The van der Waals surface area contributed by atoms with Gasteiger partial charge in [0.2, 0.25) is 0 Å². The van der Waals surface area contributed by atoms with Crippen molar-refractivity contribution in [2.75, 3.05) is 0 Å². The van der Waals surface area contributed by atoms with Crippen LogP contribution < -0.4 is 0 Å². The summed E-state index contributed by atoms with van der Waals surface area (Å²) < 4.78 is 40.3. The number of alkyl halides is 3. The highest BCUT2D eigenvalue weighted by molar-refractivity contribution is 6.05. The van der Waals surface area contributed by atoms with E-state index in [1.165, 1.54) is 48.8 Å². The van der Waals surface area contributed by atoms with Crippen LogP contribution in [0.5, 0.6) is 0 Å². The molecule has 0 radical (unpaired) electrons. The number of carbonyl (C=O) groups excluding carboxylic acids is 1. The van der Waals surface area contributed by atoms with Crippen molar-refractivity contribution >= 4 is 11.6 Å². The maximum absolute atomic E-state index is 13.4. The predicted molar refractivity (Wildman–Crippen MR) is 79.0 cm³/mol. The SMILES string of the molecule is O=C(c1ccccc1)N1N=C(c2ccncc2)C[C@@]1(O)C(F)(F)F. The summed E-state index contributed by atoms with van der Waals surface area (Å²) in [6.07, 6.45) is -3.12. The highest BCUT2D eigenvalue weighted by Crippen LogP contribution is 2.41.